The summed E-state index contributed by atoms with van der Waals surface area (Å²) in [6.07, 6.45) is 1.76. The highest BCUT2D eigenvalue weighted by molar-refractivity contribution is 6.03. The highest BCUT2D eigenvalue weighted by atomic mass is 16.4. The van der Waals surface area contributed by atoms with Crippen molar-refractivity contribution in [3.63, 3.8) is 0 Å². The molecule has 2 N–H and O–H groups in total. The molecule has 0 aliphatic carbocycles. The molecule has 1 unspecified atom stereocenters. The van der Waals surface area contributed by atoms with Crippen LogP contribution in [-0.4, -0.2) is 28.1 Å². The number of carbonyl (C=O) groups is 2. The van der Waals surface area contributed by atoms with Gasteiger partial charge in [0.1, 0.15) is 6.04 Å². The average molecular weight is 288 g/mol. The van der Waals surface area contributed by atoms with Crippen LogP contribution in [0.1, 0.15) is 37.2 Å². The molecule has 1 atom stereocenters. The fraction of sp³-hybridized carbons (Fsp3) is 0.375. The van der Waals surface area contributed by atoms with Gasteiger partial charge in [0, 0.05) is 23.6 Å². The first-order chi connectivity index (χ1) is 9.91. The lowest BCUT2D eigenvalue weighted by atomic mass is 10.1. The predicted molar refractivity (Wildman–Crippen MR) is 81.5 cm³/mol. The van der Waals surface area contributed by atoms with Crippen LogP contribution in [-0.2, 0) is 4.79 Å². The molecule has 5 nitrogen and oxygen atoms in total. The first-order valence-electron chi connectivity index (χ1n) is 7.02. The molecule has 0 radical (unpaired) electrons. The Morgan fingerprint density at radius 3 is 2.57 bits per heavy atom. The van der Waals surface area contributed by atoms with Crippen molar-refractivity contribution < 1.29 is 14.7 Å². The van der Waals surface area contributed by atoms with Gasteiger partial charge >= 0.3 is 5.97 Å². The molecule has 0 spiro atoms. The number of aromatic carboxylic acids is 1. The Morgan fingerprint density at radius 1 is 1.24 bits per heavy atom. The first kappa shape index (κ1) is 15.1. The Bertz CT molecular complexity index is 673. The van der Waals surface area contributed by atoms with Crippen molar-refractivity contribution in [2.24, 2.45) is 5.92 Å². The smallest absolute Gasteiger partial charge is 0.336 e. The summed E-state index contributed by atoms with van der Waals surface area (Å²) in [4.78, 5) is 23.4. The molecule has 0 saturated heterocycles. The summed E-state index contributed by atoms with van der Waals surface area (Å²) < 4.78 is 1.80. The number of benzene rings is 1. The molecule has 2 aromatic rings. The minimum absolute atomic E-state index is 0.0677. The summed E-state index contributed by atoms with van der Waals surface area (Å²) in [6, 6.07) is 6.45. The number of hydrogen-bond acceptors (Lipinski definition) is 2. The van der Waals surface area contributed by atoms with E-state index < -0.39 is 5.97 Å². The maximum Gasteiger partial charge on any atom is 0.336 e. The summed E-state index contributed by atoms with van der Waals surface area (Å²) in [5.74, 6) is -0.640. The molecule has 1 amide bonds. The van der Waals surface area contributed by atoms with Crippen LogP contribution >= 0.6 is 0 Å². The zero-order chi connectivity index (χ0) is 15.6. The Kier molecular flexibility index (Phi) is 4.31. The fourth-order valence-electron chi connectivity index (χ4n) is 2.29. The molecule has 0 bridgehead atoms. The maximum absolute atomic E-state index is 12.2. The highest BCUT2D eigenvalue weighted by Gasteiger charge is 2.18. The molecule has 0 aliphatic heterocycles. The third-order valence-corrected chi connectivity index (χ3v) is 3.47. The molecule has 1 aromatic carbocycles. The van der Waals surface area contributed by atoms with Crippen LogP contribution in [0.25, 0.3) is 10.9 Å². The summed E-state index contributed by atoms with van der Waals surface area (Å²) in [5, 5.41) is 12.7. The van der Waals surface area contributed by atoms with E-state index in [2.05, 4.69) is 5.32 Å². The molecule has 1 aromatic heterocycles. The van der Waals surface area contributed by atoms with Gasteiger partial charge in [0.05, 0.1) is 5.56 Å². The third kappa shape index (κ3) is 3.07. The van der Waals surface area contributed by atoms with E-state index in [9.17, 15) is 14.7 Å². The van der Waals surface area contributed by atoms with E-state index in [1.54, 1.807) is 29.0 Å². The number of carboxylic acids is 1. The lowest BCUT2D eigenvalue weighted by molar-refractivity contribution is -0.123. The van der Waals surface area contributed by atoms with E-state index >= 15 is 0 Å². The normalized spacial score (nSPS) is 12.6. The van der Waals surface area contributed by atoms with Crippen molar-refractivity contribution >= 4 is 22.8 Å². The van der Waals surface area contributed by atoms with Crippen molar-refractivity contribution in [2.75, 3.05) is 6.54 Å². The van der Waals surface area contributed by atoms with Gasteiger partial charge in [0.15, 0.2) is 0 Å². The Balaban J connectivity index is 2.32. The molecule has 2 rings (SSSR count). The van der Waals surface area contributed by atoms with E-state index in [0.29, 0.717) is 17.8 Å². The van der Waals surface area contributed by atoms with E-state index in [4.69, 9.17) is 0 Å². The second-order valence-corrected chi connectivity index (χ2v) is 5.58. The van der Waals surface area contributed by atoms with Crippen LogP contribution < -0.4 is 5.32 Å². The molecule has 21 heavy (non-hydrogen) atoms. The lowest BCUT2D eigenvalue weighted by Crippen LogP contribution is -2.33. The van der Waals surface area contributed by atoms with Gasteiger partial charge in [0.25, 0.3) is 0 Å². The zero-order valence-electron chi connectivity index (χ0n) is 12.5. The van der Waals surface area contributed by atoms with Crippen LogP contribution in [0, 0.1) is 5.92 Å². The van der Waals surface area contributed by atoms with E-state index in [0.717, 1.165) is 5.52 Å². The van der Waals surface area contributed by atoms with Gasteiger partial charge in [-0.2, -0.15) is 0 Å². The van der Waals surface area contributed by atoms with Crippen LogP contribution in [0.15, 0.2) is 30.5 Å². The summed E-state index contributed by atoms with van der Waals surface area (Å²) in [6.45, 7) is 6.51. The minimum atomic E-state index is -0.963. The summed E-state index contributed by atoms with van der Waals surface area (Å²) in [7, 11) is 0. The van der Waals surface area contributed by atoms with Gasteiger partial charge in [-0.25, -0.2) is 4.79 Å². The Morgan fingerprint density at radius 2 is 1.95 bits per heavy atom. The molecular weight excluding hydrogens is 268 g/mol. The van der Waals surface area contributed by atoms with E-state index in [1.807, 2.05) is 26.8 Å². The number of aromatic nitrogens is 1. The summed E-state index contributed by atoms with van der Waals surface area (Å²) >= 11 is 0. The fourth-order valence-corrected chi connectivity index (χ4v) is 2.29. The second-order valence-electron chi connectivity index (χ2n) is 5.58. The largest absolute Gasteiger partial charge is 0.478 e. The van der Waals surface area contributed by atoms with Gasteiger partial charge in [-0.3, -0.25) is 4.79 Å². The zero-order valence-corrected chi connectivity index (χ0v) is 12.5. The van der Waals surface area contributed by atoms with Gasteiger partial charge in [0.2, 0.25) is 5.91 Å². The number of carbonyl (C=O) groups excluding carboxylic acids is 1. The van der Waals surface area contributed by atoms with Gasteiger partial charge in [-0.05, 0) is 31.0 Å². The van der Waals surface area contributed by atoms with E-state index in [1.165, 1.54) is 0 Å². The molecular formula is C16H20N2O3. The second kappa shape index (κ2) is 5.99. The molecule has 5 heteroatoms. The maximum atomic E-state index is 12.2. The highest BCUT2D eigenvalue weighted by Crippen LogP contribution is 2.23. The van der Waals surface area contributed by atoms with Crippen molar-refractivity contribution in [3.8, 4) is 0 Å². The van der Waals surface area contributed by atoms with Gasteiger partial charge in [-0.15, -0.1) is 0 Å². The predicted octanol–water partition coefficient (Wildman–Crippen LogP) is 2.67. The SMILES string of the molecule is CC(C)CNC(=O)C(C)n1ccc2c(C(=O)O)cccc21. The van der Waals surface area contributed by atoms with Crippen molar-refractivity contribution in [2.45, 2.75) is 26.8 Å². The Hall–Kier alpha value is -2.30. The topological polar surface area (TPSA) is 71.3 Å². The van der Waals surface area contributed by atoms with Crippen LogP contribution in [0.3, 0.4) is 0 Å². The number of hydrogen-bond donors (Lipinski definition) is 2. The molecule has 0 aliphatic rings. The number of amides is 1. The molecule has 112 valence electrons. The summed E-state index contributed by atoms with van der Waals surface area (Å²) in [5.41, 5.74) is 1.00. The Labute approximate surface area is 123 Å². The number of rotatable bonds is 5. The number of carboxylic acid groups (broad SMARTS) is 1. The molecule has 0 fully saturated rings. The van der Waals surface area contributed by atoms with Crippen LogP contribution in [0.5, 0.6) is 0 Å². The quantitative estimate of drug-likeness (QED) is 0.888. The lowest BCUT2D eigenvalue weighted by Gasteiger charge is -2.16. The van der Waals surface area contributed by atoms with Crippen molar-refractivity contribution in [3.05, 3.63) is 36.0 Å². The van der Waals surface area contributed by atoms with E-state index in [-0.39, 0.29) is 17.5 Å². The minimum Gasteiger partial charge on any atom is -0.478 e. The van der Waals surface area contributed by atoms with Crippen molar-refractivity contribution in [1.29, 1.82) is 0 Å². The van der Waals surface area contributed by atoms with Crippen LogP contribution in [0.4, 0.5) is 0 Å². The first-order valence-corrected chi connectivity index (χ1v) is 7.02. The number of nitrogens with zero attached hydrogens (tertiary/aromatic N) is 1. The molecule has 1 heterocycles. The average Bonchev–Trinajstić information content (AvgIpc) is 2.87. The van der Waals surface area contributed by atoms with Gasteiger partial charge < -0.3 is 15.0 Å². The van der Waals surface area contributed by atoms with Crippen molar-refractivity contribution in [1.82, 2.24) is 9.88 Å². The number of nitrogens with one attached hydrogen (secondary N) is 1. The van der Waals surface area contributed by atoms with Gasteiger partial charge in [-0.1, -0.05) is 19.9 Å². The third-order valence-electron chi connectivity index (χ3n) is 3.47. The standard InChI is InChI=1S/C16H20N2O3/c1-10(2)9-17-15(19)11(3)18-8-7-12-13(16(20)21)5-4-6-14(12)18/h4-8,10-11H,9H2,1-3H3,(H,17,19)(H,20,21). The monoisotopic (exact) mass is 288 g/mol. The number of fused-ring (bicyclic) bond motifs is 1. The van der Waals surface area contributed by atoms with Crippen LogP contribution in [0.2, 0.25) is 0 Å². The molecule has 0 saturated carbocycles.